The van der Waals surface area contributed by atoms with Crippen molar-refractivity contribution < 1.29 is 14.9 Å². The molecule has 3 unspecified atom stereocenters. The monoisotopic (exact) mass is 238 g/mol. The molecule has 0 aliphatic heterocycles. The molecule has 96 valence electrons. The lowest BCUT2D eigenvalue weighted by Crippen LogP contribution is -2.18. The second-order valence-corrected chi connectivity index (χ2v) is 4.44. The van der Waals surface area contributed by atoms with Gasteiger partial charge in [-0.2, -0.15) is 0 Å². The van der Waals surface area contributed by atoms with Crippen molar-refractivity contribution in [3.8, 4) is 5.75 Å². The van der Waals surface area contributed by atoms with E-state index >= 15 is 0 Å². The summed E-state index contributed by atoms with van der Waals surface area (Å²) in [6.45, 7) is 3.79. The normalized spacial score (nSPS) is 16.3. The average molecular weight is 238 g/mol. The van der Waals surface area contributed by atoms with E-state index in [-0.39, 0.29) is 12.0 Å². The van der Waals surface area contributed by atoms with E-state index in [0.29, 0.717) is 6.42 Å². The van der Waals surface area contributed by atoms with Crippen LogP contribution < -0.4 is 4.74 Å². The van der Waals surface area contributed by atoms with Crippen LogP contribution in [0.5, 0.6) is 5.75 Å². The molecule has 0 heterocycles. The molecule has 3 heteroatoms. The summed E-state index contributed by atoms with van der Waals surface area (Å²) in [5, 5.41) is 19.7. The SMILES string of the molecule is CCC(CC(O)c1cccc(OC)c1)C(C)O. The molecular formula is C14H22O3. The van der Waals surface area contributed by atoms with Crippen LogP contribution in [0.1, 0.15) is 38.4 Å². The lowest BCUT2D eigenvalue weighted by molar-refractivity contribution is 0.0696. The highest BCUT2D eigenvalue weighted by Gasteiger charge is 2.18. The summed E-state index contributed by atoms with van der Waals surface area (Å²) in [4.78, 5) is 0. The summed E-state index contributed by atoms with van der Waals surface area (Å²) in [5.74, 6) is 0.864. The highest BCUT2D eigenvalue weighted by atomic mass is 16.5. The molecule has 0 aromatic heterocycles. The van der Waals surface area contributed by atoms with Gasteiger partial charge in [0.25, 0.3) is 0 Å². The third-order valence-corrected chi connectivity index (χ3v) is 3.21. The first-order chi connectivity index (χ1) is 8.08. The number of aliphatic hydroxyl groups excluding tert-OH is 2. The Morgan fingerprint density at radius 2 is 2.00 bits per heavy atom. The molecule has 0 fully saturated rings. The van der Waals surface area contributed by atoms with Crippen molar-refractivity contribution in [3.05, 3.63) is 29.8 Å². The van der Waals surface area contributed by atoms with Gasteiger partial charge in [0.2, 0.25) is 0 Å². The zero-order chi connectivity index (χ0) is 12.8. The van der Waals surface area contributed by atoms with Gasteiger partial charge in [0.1, 0.15) is 5.75 Å². The summed E-state index contributed by atoms with van der Waals surface area (Å²) in [6.07, 6.45) is 0.491. The topological polar surface area (TPSA) is 49.7 Å². The van der Waals surface area contributed by atoms with E-state index < -0.39 is 6.10 Å². The Kier molecular flexibility index (Phi) is 5.45. The molecule has 0 bridgehead atoms. The van der Waals surface area contributed by atoms with Crippen molar-refractivity contribution in [1.29, 1.82) is 0 Å². The fraction of sp³-hybridized carbons (Fsp3) is 0.571. The average Bonchev–Trinajstić information content (AvgIpc) is 2.35. The minimum Gasteiger partial charge on any atom is -0.497 e. The lowest BCUT2D eigenvalue weighted by atomic mass is 9.91. The van der Waals surface area contributed by atoms with Crippen LogP contribution in [0.4, 0.5) is 0 Å². The van der Waals surface area contributed by atoms with Gasteiger partial charge in [-0.1, -0.05) is 25.5 Å². The standard InChI is InChI=1S/C14H22O3/c1-4-11(10(2)15)9-14(16)12-6-5-7-13(8-12)17-3/h5-8,10-11,14-16H,4,9H2,1-3H3. The maximum atomic E-state index is 10.1. The number of rotatable bonds is 6. The highest BCUT2D eigenvalue weighted by molar-refractivity contribution is 5.29. The molecule has 0 saturated carbocycles. The molecule has 2 N–H and O–H groups in total. The fourth-order valence-electron chi connectivity index (χ4n) is 1.98. The van der Waals surface area contributed by atoms with Crippen molar-refractivity contribution in [2.24, 2.45) is 5.92 Å². The van der Waals surface area contributed by atoms with Gasteiger partial charge < -0.3 is 14.9 Å². The van der Waals surface area contributed by atoms with Crippen molar-refractivity contribution >= 4 is 0 Å². The van der Waals surface area contributed by atoms with Gasteiger partial charge in [0.15, 0.2) is 0 Å². The Bertz CT molecular complexity index is 336. The second kappa shape index (κ2) is 6.62. The van der Waals surface area contributed by atoms with Crippen LogP contribution >= 0.6 is 0 Å². The van der Waals surface area contributed by atoms with E-state index in [0.717, 1.165) is 17.7 Å². The summed E-state index contributed by atoms with van der Waals surface area (Å²) < 4.78 is 5.12. The summed E-state index contributed by atoms with van der Waals surface area (Å²) in [7, 11) is 1.61. The van der Waals surface area contributed by atoms with Crippen molar-refractivity contribution in [2.45, 2.75) is 38.9 Å². The first-order valence-electron chi connectivity index (χ1n) is 6.08. The van der Waals surface area contributed by atoms with Gasteiger partial charge in [-0.3, -0.25) is 0 Å². The number of ether oxygens (including phenoxy) is 1. The van der Waals surface area contributed by atoms with Gasteiger partial charge in [-0.25, -0.2) is 0 Å². The molecular weight excluding hydrogens is 216 g/mol. The first-order valence-corrected chi connectivity index (χ1v) is 6.08. The van der Waals surface area contributed by atoms with Crippen LogP contribution in [0.15, 0.2) is 24.3 Å². The molecule has 3 atom stereocenters. The van der Waals surface area contributed by atoms with Gasteiger partial charge in [-0.05, 0) is 37.0 Å². The fourth-order valence-corrected chi connectivity index (χ4v) is 1.98. The Balaban J connectivity index is 2.71. The number of methoxy groups -OCH3 is 1. The Morgan fingerprint density at radius 3 is 2.53 bits per heavy atom. The zero-order valence-corrected chi connectivity index (χ0v) is 10.8. The second-order valence-electron chi connectivity index (χ2n) is 4.44. The van der Waals surface area contributed by atoms with Crippen LogP contribution in [-0.2, 0) is 0 Å². The van der Waals surface area contributed by atoms with Crippen LogP contribution in [-0.4, -0.2) is 23.4 Å². The van der Waals surface area contributed by atoms with Crippen LogP contribution in [0.25, 0.3) is 0 Å². The maximum absolute atomic E-state index is 10.1. The molecule has 0 saturated heterocycles. The van der Waals surface area contributed by atoms with E-state index in [2.05, 4.69) is 0 Å². The smallest absolute Gasteiger partial charge is 0.119 e. The molecule has 0 spiro atoms. The summed E-state index contributed by atoms with van der Waals surface area (Å²) >= 11 is 0. The van der Waals surface area contributed by atoms with Crippen LogP contribution in [0, 0.1) is 5.92 Å². The number of hydrogen-bond donors (Lipinski definition) is 2. The minimum absolute atomic E-state index is 0.121. The Labute approximate surface area is 103 Å². The predicted molar refractivity (Wildman–Crippen MR) is 68.0 cm³/mol. The number of aliphatic hydroxyl groups is 2. The van der Waals surface area contributed by atoms with Crippen LogP contribution in [0.3, 0.4) is 0 Å². The van der Waals surface area contributed by atoms with Crippen molar-refractivity contribution in [2.75, 3.05) is 7.11 Å². The third kappa shape index (κ3) is 4.02. The molecule has 1 rings (SSSR count). The minimum atomic E-state index is -0.551. The molecule has 17 heavy (non-hydrogen) atoms. The van der Waals surface area contributed by atoms with E-state index in [4.69, 9.17) is 4.74 Å². The Morgan fingerprint density at radius 1 is 1.29 bits per heavy atom. The van der Waals surface area contributed by atoms with Gasteiger partial charge in [0.05, 0.1) is 19.3 Å². The molecule has 1 aromatic rings. The molecule has 0 radical (unpaired) electrons. The third-order valence-electron chi connectivity index (χ3n) is 3.21. The molecule has 3 nitrogen and oxygen atoms in total. The van der Waals surface area contributed by atoms with Crippen LogP contribution in [0.2, 0.25) is 0 Å². The summed E-state index contributed by atoms with van der Waals surface area (Å²) in [6, 6.07) is 7.42. The lowest BCUT2D eigenvalue weighted by Gasteiger charge is -2.21. The molecule has 0 amide bonds. The Hall–Kier alpha value is -1.06. The van der Waals surface area contributed by atoms with Crippen molar-refractivity contribution in [1.82, 2.24) is 0 Å². The quantitative estimate of drug-likeness (QED) is 0.800. The van der Waals surface area contributed by atoms with E-state index in [1.807, 2.05) is 31.2 Å². The summed E-state index contributed by atoms with van der Waals surface area (Å²) in [5.41, 5.74) is 0.837. The van der Waals surface area contributed by atoms with E-state index in [1.54, 1.807) is 14.0 Å². The first kappa shape index (κ1) is 14.0. The number of benzene rings is 1. The van der Waals surface area contributed by atoms with E-state index in [9.17, 15) is 10.2 Å². The van der Waals surface area contributed by atoms with Gasteiger partial charge >= 0.3 is 0 Å². The molecule has 0 aliphatic carbocycles. The molecule has 1 aromatic carbocycles. The van der Waals surface area contributed by atoms with Gasteiger partial charge in [0, 0.05) is 0 Å². The zero-order valence-electron chi connectivity index (χ0n) is 10.8. The van der Waals surface area contributed by atoms with Gasteiger partial charge in [-0.15, -0.1) is 0 Å². The highest BCUT2D eigenvalue weighted by Crippen LogP contribution is 2.27. The predicted octanol–water partition coefficient (Wildman–Crippen LogP) is 2.53. The molecule has 0 aliphatic rings. The largest absolute Gasteiger partial charge is 0.497 e. The maximum Gasteiger partial charge on any atom is 0.119 e. The van der Waals surface area contributed by atoms with Crippen molar-refractivity contribution in [3.63, 3.8) is 0 Å². The number of hydrogen-bond acceptors (Lipinski definition) is 3. The van der Waals surface area contributed by atoms with E-state index in [1.165, 1.54) is 0 Å².